The molecule has 6 heteroatoms. The molecule has 2 unspecified atom stereocenters. The highest BCUT2D eigenvalue weighted by atomic mass is 16.3. The SMILES string of the molecule is CCC1CCCCC1.CN=C(C(=O)NC(C(N)=O)C(C)O)c1ccccc1C. The number of nitrogens with zero attached hydrogens (tertiary/aromatic N) is 1. The maximum Gasteiger partial charge on any atom is 0.270 e. The molecule has 1 aliphatic carbocycles. The number of carbonyl (C=O) groups is 2. The quantitative estimate of drug-likeness (QED) is 0.652. The van der Waals surface area contributed by atoms with E-state index < -0.39 is 24.0 Å². The first-order chi connectivity index (χ1) is 13.3. The topological polar surface area (TPSA) is 105 Å². The van der Waals surface area contributed by atoms with Gasteiger partial charge in [-0.05, 0) is 25.3 Å². The van der Waals surface area contributed by atoms with Crippen LogP contribution in [0.4, 0.5) is 0 Å². The smallest absolute Gasteiger partial charge is 0.270 e. The summed E-state index contributed by atoms with van der Waals surface area (Å²) >= 11 is 0. The summed E-state index contributed by atoms with van der Waals surface area (Å²) in [7, 11) is 1.49. The Morgan fingerprint density at radius 3 is 2.29 bits per heavy atom. The zero-order valence-electron chi connectivity index (χ0n) is 17.6. The molecule has 0 aromatic heterocycles. The van der Waals surface area contributed by atoms with Gasteiger partial charge in [0.15, 0.2) is 0 Å². The van der Waals surface area contributed by atoms with Crippen LogP contribution in [0.1, 0.15) is 63.5 Å². The van der Waals surface area contributed by atoms with Crippen LogP contribution in [0.5, 0.6) is 0 Å². The van der Waals surface area contributed by atoms with Crippen molar-refractivity contribution >= 4 is 17.5 Å². The molecule has 0 heterocycles. The number of aliphatic imine (C=N–C) groups is 1. The molecule has 0 spiro atoms. The third kappa shape index (κ3) is 7.43. The van der Waals surface area contributed by atoms with Crippen LogP contribution in [0.3, 0.4) is 0 Å². The van der Waals surface area contributed by atoms with Crippen LogP contribution in [0.15, 0.2) is 29.3 Å². The van der Waals surface area contributed by atoms with Gasteiger partial charge in [0.2, 0.25) is 5.91 Å². The number of hydrogen-bond donors (Lipinski definition) is 3. The number of primary amides is 1. The molecule has 0 aliphatic heterocycles. The number of amides is 2. The van der Waals surface area contributed by atoms with E-state index in [1.807, 2.05) is 19.1 Å². The van der Waals surface area contributed by atoms with Gasteiger partial charge in [0.25, 0.3) is 5.91 Å². The average molecular weight is 390 g/mol. The Kier molecular flexibility index (Phi) is 10.5. The summed E-state index contributed by atoms with van der Waals surface area (Å²) in [6, 6.07) is 6.11. The number of hydrogen-bond acceptors (Lipinski definition) is 4. The molecule has 1 aliphatic rings. The van der Waals surface area contributed by atoms with E-state index in [9.17, 15) is 14.7 Å². The molecule has 6 nitrogen and oxygen atoms in total. The molecule has 0 saturated heterocycles. The molecule has 1 aromatic rings. The minimum Gasteiger partial charge on any atom is -0.391 e. The molecule has 1 aromatic carbocycles. The van der Waals surface area contributed by atoms with Gasteiger partial charge >= 0.3 is 0 Å². The van der Waals surface area contributed by atoms with Crippen LogP contribution in [-0.2, 0) is 9.59 Å². The lowest BCUT2D eigenvalue weighted by Gasteiger charge is -2.19. The molecule has 2 atom stereocenters. The van der Waals surface area contributed by atoms with Crippen molar-refractivity contribution in [2.75, 3.05) is 7.05 Å². The van der Waals surface area contributed by atoms with E-state index in [0.29, 0.717) is 5.56 Å². The van der Waals surface area contributed by atoms with E-state index in [-0.39, 0.29) is 5.71 Å². The van der Waals surface area contributed by atoms with Gasteiger partial charge in [-0.15, -0.1) is 0 Å². The summed E-state index contributed by atoms with van der Waals surface area (Å²) in [5.41, 5.74) is 6.89. The number of nitrogens with two attached hydrogens (primary N) is 1. The molecule has 0 radical (unpaired) electrons. The monoisotopic (exact) mass is 389 g/mol. The number of carbonyl (C=O) groups excluding carboxylic acids is 2. The maximum atomic E-state index is 12.2. The Balaban J connectivity index is 0.000000406. The molecule has 2 rings (SSSR count). The van der Waals surface area contributed by atoms with Crippen LogP contribution in [0.25, 0.3) is 0 Å². The fourth-order valence-corrected chi connectivity index (χ4v) is 3.42. The van der Waals surface area contributed by atoms with Gasteiger partial charge in [-0.2, -0.15) is 0 Å². The molecular formula is C22H35N3O3. The summed E-state index contributed by atoms with van der Waals surface area (Å²) in [6.07, 6.45) is 7.85. The summed E-state index contributed by atoms with van der Waals surface area (Å²) in [6.45, 7) is 5.55. The first-order valence-corrected chi connectivity index (χ1v) is 10.1. The van der Waals surface area contributed by atoms with Crippen molar-refractivity contribution in [1.29, 1.82) is 0 Å². The highest BCUT2D eigenvalue weighted by molar-refractivity contribution is 6.45. The van der Waals surface area contributed by atoms with Crippen LogP contribution >= 0.6 is 0 Å². The predicted molar refractivity (Wildman–Crippen MR) is 113 cm³/mol. The molecule has 2 amide bonds. The molecule has 1 fully saturated rings. The fraction of sp³-hybridized carbons (Fsp3) is 0.591. The van der Waals surface area contributed by atoms with Gasteiger partial charge in [-0.25, -0.2) is 0 Å². The molecule has 156 valence electrons. The fourth-order valence-electron chi connectivity index (χ4n) is 3.42. The first kappa shape index (κ1) is 23.8. The second kappa shape index (κ2) is 12.3. The number of nitrogens with one attached hydrogen (secondary N) is 1. The van der Waals surface area contributed by atoms with Crippen molar-refractivity contribution in [3.63, 3.8) is 0 Å². The average Bonchev–Trinajstić information content (AvgIpc) is 2.68. The zero-order chi connectivity index (χ0) is 21.1. The van der Waals surface area contributed by atoms with Crippen molar-refractivity contribution in [2.24, 2.45) is 16.6 Å². The highest BCUT2D eigenvalue weighted by Crippen LogP contribution is 2.25. The Morgan fingerprint density at radius 2 is 1.86 bits per heavy atom. The summed E-state index contributed by atoms with van der Waals surface area (Å²) in [5.74, 6) is -0.260. The number of rotatable bonds is 6. The van der Waals surface area contributed by atoms with Crippen molar-refractivity contribution in [1.82, 2.24) is 5.32 Å². The summed E-state index contributed by atoms with van der Waals surface area (Å²) in [4.78, 5) is 27.3. The van der Waals surface area contributed by atoms with Crippen molar-refractivity contribution in [2.45, 2.75) is 71.4 Å². The van der Waals surface area contributed by atoms with E-state index in [4.69, 9.17) is 5.73 Å². The third-order valence-corrected chi connectivity index (χ3v) is 5.22. The van der Waals surface area contributed by atoms with Gasteiger partial charge in [-0.1, -0.05) is 69.7 Å². The van der Waals surface area contributed by atoms with Crippen LogP contribution < -0.4 is 11.1 Å². The van der Waals surface area contributed by atoms with Gasteiger partial charge in [0.05, 0.1) is 6.10 Å². The Hall–Kier alpha value is -2.21. The highest BCUT2D eigenvalue weighted by Gasteiger charge is 2.26. The predicted octanol–water partition coefficient (Wildman–Crippen LogP) is 2.74. The first-order valence-electron chi connectivity index (χ1n) is 10.1. The summed E-state index contributed by atoms with van der Waals surface area (Å²) in [5, 5.41) is 11.9. The minimum absolute atomic E-state index is 0.190. The molecule has 0 bridgehead atoms. The second-order valence-corrected chi connectivity index (χ2v) is 7.39. The van der Waals surface area contributed by atoms with Crippen molar-refractivity contribution in [3.05, 3.63) is 35.4 Å². The van der Waals surface area contributed by atoms with Crippen molar-refractivity contribution in [3.8, 4) is 0 Å². The molecule has 4 N–H and O–H groups in total. The molecular weight excluding hydrogens is 354 g/mol. The summed E-state index contributed by atoms with van der Waals surface area (Å²) < 4.78 is 0. The van der Waals surface area contributed by atoms with E-state index >= 15 is 0 Å². The lowest BCUT2D eigenvalue weighted by Crippen LogP contribution is -2.52. The van der Waals surface area contributed by atoms with Gasteiger partial charge < -0.3 is 16.2 Å². The van der Waals surface area contributed by atoms with E-state index in [0.717, 1.165) is 11.5 Å². The van der Waals surface area contributed by atoms with E-state index in [1.165, 1.54) is 52.5 Å². The van der Waals surface area contributed by atoms with Crippen LogP contribution in [0.2, 0.25) is 0 Å². The molecule has 28 heavy (non-hydrogen) atoms. The standard InChI is InChI=1S/C14H19N3O3.C8H16/c1-8-6-4-5-7-10(8)12(16-3)14(20)17-11(9(2)18)13(15)19;1-2-8-6-4-3-5-7-8/h4-7,9,11,18H,1-3H3,(H2,15,19)(H,17,20);8H,2-7H2,1H3. The number of aliphatic hydroxyl groups is 1. The second-order valence-electron chi connectivity index (χ2n) is 7.39. The Labute approximate surface area is 168 Å². The molecule has 1 saturated carbocycles. The largest absolute Gasteiger partial charge is 0.391 e. The maximum absolute atomic E-state index is 12.2. The minimum atomic E-state index is -1.15. The number of aryl methyl sites for hydroxylation is 1. The normalized spacial score (nSPS) is 17.1. The van der Waals surface area contributed by atoms with Gasteiger partial charge in [-0.3, -0.25) is 14.6 Å². The van der Waals surface area contributed by atoms with Crippen molar-refractivity contribution < 1.29 is 14.7 Å². The lowest BCUT2D eigenvalue weighted by molar-refractivity contribution is -0.126. The third-order valence-electron chi connectivity index (χ3n) is 5.22. The van der Waals surface area contributed by atoms with Crippen LogP contribution in [-0.4, -0.2) is 41.8 Å². The zero-order valence-corrected chi connectivity index (χ0v) is 17.6. The van der Waals surface area contributed by atoms with E-state index in [2.05, 4.69) is 17.2 Å². The Morgan fingerprint density at radius 1 is 1.25 bits per heavy atom. The Bertz CT molecular complexity index is 665. The number of benzene rings is 1. The lowest BCUT2D eigenvalue weighted by atomic mass is 9.88. The number of aliphatic hydroxyl groups excluding tert-OH is 1. The van der Waals surface area contributed by atoms with E-state index in [1.54, 1.807) is 12.1 Å². The van der Waals surface area contributed by atoms with Crippen LogP contribution in [0, 0.1) is 12.8 Å². The van der Waals surface area contributed by atoms with Gasteiger partial charge in [0.1, 0.15) is 11.8 Å². The van der Waals surface area contributed by atoms with Gasteiger partial charge in [0, 0.05) is 12.6 Å².